The summed E-state index contributed by atoms with van der Waals surface area (Å²) in [5, 5.41) is 3.63. The molecular formula is C18H20ClNO2. The van der Waals surface area contributed by atoms with Gasteiger partial charge in [-0.1, -0.05) is 36.4 Å². The average molecular weight is 318 g/mol. The fourth-order valence-electron chi connectivity index (χ4n) is 2.94. The maximum atomic E-state index is 5.62. The largest absolute Gasteiger partial charge is 0.486 e. The van der Waals surface area contributed by atoms with Gasteiger partial charge in [0, 0.05) is 18.5 Å². The van der Waals surface area contributed by atoms with E-state index in [4.69, 9.17) is 9.47 Å². The fraction of sp³-hybridized carbons (Fsp3) is 0.333. The Morgan fingerprint density at radius 1 is 0.955 bits per heavy atom. The zero-order valence-corrected chi connectivity index (χ0v) is 13.1. The van der Waals surface area contributed by atoms with Crippen LogP contribution < -0.4 is 14.8 Å². The van der Waals surface area contributed by atoms with Gasteiger partial charge < -0.3 is 14.8 Å². The topological polar surface area (TPSA) is 30.5 Å². The molecule has 1 unspecified atom stereocenters. The zero-order chi connectivity index (χ0) is 14.1. The highest BCUT2D eigenvalue weighted by molar-refractivity contribution is 5.85. The minimum atomic E-state index is 0. The Morgan fingerprint density at radius 2 is 1.73 bits per heavy atom. The van der Waals surface area contributed by atoms with Crippen LogP contribution in [-0.4, -0.2) is 19.3 Å². The second-order valence-corrected chi connectivity index (χ2v) is 5.72. The Bertz CT molecular complexity index is 632. The van der Waals surface area contributed by atoms with Crippen molar-refractivity contribution < 1.29 is 9.47 Å². The van der Waals surface area contributed by atoms with E-state index in [1.54, 1.807) is 0 Å². The minimum absolute atomic E-state index is 0. The predicted molar refractivity (Wildman–Crippen MR) is 89.1 cm³/mol. The quantitative estimate of drug-likeness (QED) is 0.936. The molecule has 1 aliphatic heterocycles. The standard InChI is InChI=1S/C18H19NO2.ClH/c1-2-4-14(5-3-1)15-11-16(15)19-12-13-6-7-17-18(10-13)21-9-8-20-17;/h1-7,10,15-16,19H,8-9,11-12H2;1H/t15?,16-;/m0./s1. The van der Waals surface area contributed by atoms with Crippen molar-refractivity contribution in [1.29, 1.82) is 0 Å². The third-order valence-electron chi connectivity index (χ3n) is 4.19. The first kappa shape index (κ1) is 15.2. The van der Waals surface area contributed by atoms with Gasteiger partial charge in [0.05, 0.1) is 0 Å². The Morgan fingerprint density at radius 3 is 2.55 bits per heavy atom. The summed E-state index contributed by atoms with van der Waals surface area (Å²) in [7, 11) is 0. The average Bonchev–Trinajstić information content (AvgIpc) is 3.33. The molecule has 1 heterocycles. The van der Waals surface area contributed by atoms with Crippen LogP contribution in [0.25, 0.3) is 0 Å². The first-order valence-corrected chi connectivity index (χ1v) is 7.57. The van der Waals surface area contributed by atoms with E-state index < -0.39 is 0 Å². The number of rotatable bonds is 4. The van der Waals surface area contributed by atoms with Crippen molar-refractivity contribution in [2.24, 2.45) is 0 Å². The van der Waals surface area contributed by atoms with Crippen molar-refractivity contribution in [3.8, 4) is 11.5 Å². The molecule has 22 heavy (non-hydrogen) atoms. The predicted octanol–water partition coefficient (Wildman–Crippen LogP) is 3.53. The minimum Gasteiger partial charge on any atom is -0.486 e. The molecule has 2 aromatic rings. The van der Waals surface area contributed by atoms with E-state index in [-0.39, 0.29) is 12.4 Å². The number of hydrogen-bond donors (Lipinski definition) is 1. The molecule has 0 aromatic heterocycles. The highest BCUT2D eigenvalue weighted by atomic mass is 35.5. The fourth-order valence-corrected chi connectivity index (χ4v) is 2.94. The SMILES string of the molecule is Cl.c1ccc(C2C[C@@H]2NCc2ccc3c(c2)OCCO3)cc1. The van der Waals surface area contributed by atoms with E-state index in [0.717, 1.165) is 18.0 Å². The Kier molecular flexibility index (Phi) is 4.55. The number of halogens is 1. The highest BCUT2D eigenvalue weighted by Gasteiger charge is 2.37. The van der Waals surface area contributed by atoms with Crippen LogP contribution in [0.15, 0.2) is 48.5 Å². The Balaban J connectivity index is 0.00000144. The molecule has 0 saturated heterocycles. The normalized spacial score (nSPS) is 21.8. The molecule has 1 saturated carbocycles. The maximum absolute atomic E-state index is 5.62. The van der Waals surface area contributed by atoms with Crippen molar-refractivity contribution in [3.63, 3.8) is 0 Å². The van der Waals surface area contributed by atoms with Gasteiger partial charge in [0.15, 0.2) is 11.5 Å². The molecule has 0 bridgehead atoms. The van der Waals surface area contributed by atoms with Crippen LogP contribution in [0.5, 0.6) is 11.5 Å². The molecule has 2 atom stereocenters. The summed E-state index contributed by atoms with van der Waals surface area (Å²) in [6, 6.07) is 17.5. The van der Waals surface area contributed by atoms with Gasteiger partial charge in [-0.25, -0.2) is 0 Å². The summed E-state index contributed by atoms with van der Waals surface area (Å²) in [5.74, 6) is 2.40. The van der Waals surface area contributed by atoms with Gasteiger partial charge in [0.25, 0.3) is 0 Å². The second-order valence-electron chi connectivity index (χ2n) is 5.72. The zero-order valence-electron chi connectivity index (χ0n) is 12.3. The van der Waals surface area contributed by atoms with Gasteiger partial charge in [-0.05, 0) is 29.7 Å². The molecule has 1 N–H and O–H groups in total. The van der Waals surface area contributed by atoms with E-state index in [2.05, 4.69) is 47.8 Å². The van der Waals surface area contributed by atoms with Crippen molar-refractivity contribution in [3.05, 3.63) is 59.7 Å². The van der Waals surface area contributed by atoms with E-state index in [1.807, 2.05) is 6.07 Å². The summed E-state index contributed by atoms with van der Waals surface area (Å²) >= 11 is 0. The van der Waals surface area contributed by atoms with Crippen LogP contribution in [0.1, 0.15) is 23.5 Å². The molecule has 1 fully saturated rings. The lowest BCUT2D eigenvalue weighted by Gasteiger charge is -2.19. The van der Waals surface area contributed by atoms with Gasteiger partial charge in [0.1, 0.15) is 13.2 Å². The van der Waals surface area contributed by atoms with Crippen LogP contribution in [0.2, 0.25) is 0 Å². The number of ether oxygens (including phenoxy) is 2. The third-order valence-corrected chi connectivity index (χ3v) is 4.19. The summed E-state index contributed by atoms with van der Waals surface area (Å²) in [5.41, 5.74) is 2.69. The van der Waals surface area contributed by atoms with Gasteiger partial charge in [0.2, 0.25) is 0 Å². The Hall–Kier alpha value is -1.71. The van der Waals surface area contributed by atoms with Crippen LogP contribution >= 0.6 is 12.4 Å². The monoisotopic (exact) mass is 317 g/mol. The van der Waals surface area contributed by atoms with Crippen LogP contribution in [0.3, 0.4) is 0 Å². The van der Waals surface area contributed by atoms with Gasteiger partial charge >= 0.3 is 0 Å². The van der Waals surface area contributed by atoms with Crippen molar-refractivity contribution in [1.82, 2.24) is 5.32 Å². The summed E-state index contributed by atoms with van der Waals surface area (Å²) < 4.78 is 11.2. The van der Waals surface area contributed by atoms with Gasteiger partial charge in [-0.15, -0.1) is 12.4 Å². The number of fused-ring (bicyclic) bond motifs is 1. The Labute approximate surface area is 137 Å². The van der Waals surface area contributed by atoms with Gasteiger partial charge in [-0.2, -0.15) is 0 Å². The summed E-state index contributed by atoms with van der Waals surface area (Å²) in [6.07, 6.45) is 1.23. The lowest BCUT2D eigenvalue weighted by Crippen LogP contribution is -2.18. The van der Waals surface area contributed by atoms with Crippen molar-refractivity contribution >= 4 is 12.4 Å². The molecule has 2 aliphatic rings. The van der Waals surface area contributed by atoms with E-state index in [1.165, 1.54) is 17.5 Å². The molecule has 1 aliphatic carbocycles. The molecule has 4 rings (SSSR count). The van der Waals surface area contributed by atoms with Crippen LogP contribution in [0.4, 0.5) is 0 Å². The summed E-state index contributed by atoms with van der Waals surface area (Å²) in [4.78, 5) is 0. The second kappa shape index (κ2) is 6.59. The molecular weight excluding hydrogens is 298 g/mol. The van der Waals surface area contributed by atoms with E-state index in [0.29, 0.717) is 25.2 Å². The molecule has 3 nitrogen and oxygen atoms in total. The van der Waals surface area contributed by atoms with Crippen LogP contribution in [-0.2, 0) is 6.54 Å². The molecule has 2 aromatic carbocycles. The molecule has 0 spiro atoms. The van der Waals surface area contributed by atoms with Gasteiger partial charge in [-0.3, -0.25) is 0 Å². The van der Waals surface area contributed by atoms with Crippen LogP contribution in [0, 0.1) is 0 Å². The number of benzene rings is 2. The van der Waals surface area contributed by atoms with Crippen molar-refractivity contribution in [2.75, 3.05) is 13.2 Å². The lowest BCUT2D eigenvalue weighted by atomic mass is 10.1. The number of nitrogens with one attached hydrogen (secondary N) is 1. The lowest BCUT2D eigenvalue weighted by molar-refractivity contribution is 0.171. The molecule has 0 amide bonds. The molecule has 0 radical (unpaired) electrons. The maximum Gasteiger partial charge on any atom is 0.161 e. The number of hydrogen-bond acceptors (Lipinski definition) is 3. The molecule has 116 valence electrons. The molecule has 4 heteroatoms. The first-order valence-electron chi connectivity index (χ1n) is 7.57. The first-order chi connectivity index (χ1) is 10.4. The van der Waals surface area contributed by atoms with E-state index in [9.17, 15) is 0 Å². The van der Waals surface area contributed by atoms with Crippen molar-refractivity contribution in [2.45, 2.75) is 24.9 Å². The smallest absolute Gasteiger partial charge is 0.161 e. The third kappa shape index (κ3) is 3.21. The highest BCUT2D eigenvalue weighted by Crippen LogP contribution is 2.41. The van der Waals surface area contributed by atoms with E-state index >= 15 is 0 Å². The summed E-state index contributed by atoms with van der Waals surface area (Å²) in [6.45, 7) is 2.17.